The van der Waals surface area contributed by atoms with Gasteiger partial charge in [0.1, 0.15) is 11.5 Å². The van der Waals surface area contributed by atoms with E-state index in [9.17, 15) is 22.8 Å². The molecule has 5 nitrogen and oxygen atoms in total. The van der Waals surface area contributed by atoms with Crippen molar-refractivity contribution in [2.45, 2.75) is 13.1 Å². The highest BCUT2D eigenvalue weighted by atomic mass is 79.9. The third-order valence-corrected chi connectivity index (χ3v) is 5.76. The van der Waals surface area contributed by atoms with Crippen LogP contribution in [0.4, 0.5) is 18.0 Å². The Bertz CT molecular complexity index is 1260. The lowest BCUT2D eigenvalue weighted by Gasteiger charge is -2.13. The first kappa shape index (κ1) is 26.2. The first-order valence-corrected chi connectivity index (χ1v) is 11.1. The average molecular weight is 598 g/mol. The normalized spacial score (nSPS) is 11.2. The Hall–Kier alpha value is -2.46. The lowest BCUT2D eigenvalue weighted by molar-refractivity contribution is -0.137. The van der Waals surface area contributed by atoms with E-state index in [0.29, 0.717) is 15.1 Å². The number of aryl methyl sites for hydroxylation is 1. The molecule has 12 heteroatoms. The van der Waals surface area contributed by atoms with E-state index in [2.05, 4.69) is 21.2 Å². The van der Waals surface area contributed by atoms with Gasteiger partial charge < -0.3 is 9.47 Å². The van der Waals surface area contributed by atoms with Crippen LogP contribution in [0.3, 0.4) is 0 Å². The number of alkyl halides is 3. The maximum atomic E-state index is 12.8. The van der Waals surface area contributed by atoms with Gasteiger partial charge in [-0.2, -0.15) is 13.2 Å². The van der Waals surface area contributed by atoms with Crippen molar-refractivity contribution in [3.63, 3.8) is 0 Å². The maximum Gasteiger partial charge on any atom is 0.419 e. The molecule has 0 aromatic heterocycles. The zero-order chi connectivity index (χ0) is 25.2. The zero-order valence-corrected chi connectivity index (χ0v) is 20.8. The second-order valence-corrected chi connectivity index (χ2v) is 8.87. The topological polar surface area (TPSA) is 64.6 Å². The third kappa shape index (κ3) is 6.35. The fourth-order valence-electron chi connectivity index (χ4n) is 2.73. The molecule has 34 heavy (non-hydrogen) atoms. The molecule has 0 aliphatic carbocycles. The van der Waals surface area contributed by atoms with E-state index >= 15 is 0 Å². The van der Waals surface area contributed by atoms with Gasteiger partial charge in [-0.1, -0.05) is 34.8 Å². The maximum absolute atomic E-state index is 12.8. The van der Waals surface area contributed by atoms with E-state index in [4.69, 9.17) is 44.3 Å². The first-order chi connectivity index (χ1) is 15.8. The van der Waals surface area contributed by atoms with Gasteiger partial charge in [0.05, 0.1) is 21.2 Å². The van der Waals surface area contributed by atoms with Crippen LogP contribution in [-0.2, 0) is 6.18 Å². The van der Waals surface area contributed by atoms with Crippen LogP contribution in [0.1, 0.15) is 21.5 Å². The molecule has 0 saturated heterocycles. The minimum atomic E-state index is -4.56. The fraction of sp³-hybridized carbons (Fsp3) is 0.0909. The molecule has 0 radical (unpaired) electrons. The molecule has 178 valence electrons. The van der Waals surface area contributed by atoms with E-state index in [1.165, 1.54) is 30.3 Å². The van der Waals surface area contributed by atoms with Crippen LogP contribution in [0.5, 0.6) is 17.2 Å². The number of carbonyl (C=O) groups excluding carboxylic acids is 2. The monoisotopic (exact) mass is 595 g/mol. The predicted octanol–water partition coefficient (Wildman–Crippen LogP) is 8.46. The molecule has 0 bridgehead atoms. The van der Waals surface area contributed by atoms with Crippen molar-refractivity contribution in [3.05, 3.63) is 84.8 Å². The van der Waals surface area contributed by atoms with Gasteiger partial charge in [0.25, 0.3) is 5.91 Å². The Balaban J connectivity index is 1.76. The first-order valence-electron chi connectivity index (χ1n) is 9.18. The van der Waals surface area contributed by atoms with Crippen molar-refractivity contribution in [1.82, 2.24) is 5.32 Å². The van der Waals surface area contributed by atoms with Gasteiger partial charge in [0, 0.05) is 9.50 Å². The van der Waals surface area contributed by atoms with Crippen molar-refractivity contribution < 1.29 is 32.2 Å². The Labute approximate surface area is 214 Å². The number of benzene rings is 3. The molecule has 0 atom stereocenters. The minimum absolute atomic E-state index is 0.0172. The minimum Gasteiger partial charge on any atom is -0.456 e. The van der Waals surface area contributed by atoms with Gasteiger partial charge in [-0.3, -0.25) is 10.1 Å². The zero-order valence-electron chi connectivity index (χ0n) is 16.9. The van der Waals surface area contributed by atoms with Gasteiger partial charge >= 0.3 is 12.3 Å². The quantitative estimate of drug-likeness (QED) is 0.328. The molecule has 0 aliphatic rings. The molecule has 0 heterocycles. The number of rotatable bonds is 4. The number of hydrogen-bond acceptors (Lipinski definition) is 4. The molecule has 3 aromatic rings. The summed E-state index contributed by atoms with van der Waals surface area (Å²) in [5, 5.41) is 2.21. The van der Waals surface area contributed by atoms with E-state index in [-0.39, 0.29) is 32.9 Å². The lowest BCUT2D eigenvalue weighted by atomic mass is 10.2. The molecule has 3 rings (SSSR count). The Kier molecular flexibility index (Phi) is 8.02. The SMILES string of the molecule is Cc1cc(Cl)cc(Cl)c1OC(=O)NC(=O)c1cc(Oc2ccc(C(F)(F)F)cc2Cl)ccc1Br. The van der Waals surface area contributed by atoms with Gasteiger partial charge in [-0.05, 0) is 76.9 Å². The van der Waals surface area contributed by atoms with Crippen LogP contribution in [0, 0.1) is 6.92 Å². The van der Waals surface area contributed by atoms with Crippen molar-refractivity contribution in [3.8, 4) is 17.2 Å². The molecule has 0 saturated carbocycles. The number of hydrogen-bond donors (Lipinski definition) is 1. The smallest absolute Gasteiger partial charge is 0.419 e. The summed E-state index contributed by atoms with van der Waals surface area (Å²) in [6.45, 7) is 1.62. The van der Waals surface area contributed by atoms with Gasteiger partial charge in [-0.15, -0.1) is 0 Å². The van der Waals surface area contributed by atoms with Crippen LogP contribution in [0.25, 0.3) is 0 Å². The van der Waals surface area contributed by atoms with Crippen LogP contribution in [0.2, 0.25) is 15.1 Å². The highest BCUT2D eigenvalue weighted by Gasteiger charge is 2.31. The number of ether oxygens (including phenoxy) is 2. The predicted molar refractivity (Wildman–Crippen MR) is 125 cm³/mol. The highest BCUT2D eigenvalue weighted by Crippen LogP contribution is 2.37. The summed E-state index contributed by atoms with van der Waals surface area (Å²) in [5.74, 6) is -0.788. The highest BCUT2D eigenvalue weighted by molar-refractivity contribution is 9.10. The van der Waals surface area contributed by atoms with E-state index in [1.54, 1.807) is 6.92 Å². The number of imide groups is 1. The van der Waals surface area contributed by atoms with E-state index in [0.717, 1.165) is 18.2 Å². The molecular weight excluding hydrogens is 586 g/mol. The van der Waals surface area contributed by atoms with E-state index in [1.807, 2.05) is 0 Å². The summed E-state index contributed by atoms with van der Waals surface area (Å²) in [6.07, 6.45) is -5.66. The molecule has 2 amide bonds. The Morgan fingerprint density at radius 3 is 2.29 bits per heavy atom. The number of amides is 2. The third-order valence-electron chi connectivity index (χ3n) is 4.27. The lowest BCUT2D eigenvalue weighted by Crippen LogP contribution is -2.33. The Morgan fingerprint density at radius 1 is 0.971 bits per heavy atom. The summed E-state index contributed by atoms with van der Waals surface area (Å²) in [6, 6.07) is 9.67. The molecule has 0 unspecified atom stereocenters. The molecule has 3 aromatic carbocycles. The number of halogens is 7. The number of carbonyl (C=O) groups is 2. The summed E-state index contributed by atoms with van der Waals surface area (Å²) in [4.78, 5) is 24.8. The summed E-state index contributed by atoms with van der Waals surface area (Å²) < 4.78 is 49.4. The van der Waals surface area contributed by atoms with Crippen LogP contribution < -0.4 is 14.8 Å². The van der Waals surface area contributed by atoms with Crippen molar-refractivity contribution in [2.24, 2.45) is 0 Å². The number of nitrogens with one attached hydrogen (secondary N) is 1. The molecule has 0 spiro atoms. The van der Waals surface area contributed by atoms with Gasteiger partial charge in [0.15, 0.2) is 5.75 Å². The van der Waals surface area contributed by atoms with Crippen LogP contribution >= 0.6 is 50.7 Å². The van der Waals surface area contributed by atoms with Crippen molar-refractivity contribution >= 4 is 62.7 Å². The van der Waals surface area contributed by atoms with Crippen molar-refractivity contribution in [1.29, 1.82) is 0 Å². The fourth-order valence-corrected chi connectivity index (χ4v) is 4.00. The van der Waals surface area contributed by atoms with Gasteiger partial charge in [-0.25, -0.2) is 4.79 Å². The Morgan fingerprint density at radius 2 is 1.68 bits per heavy atom. The molecule has 0 fully saturated rings. The second kappa shape index (κ2) is 10.4. The van der Waals surface area contributed by atoms with Crippen molar-refractivity contribution in [2.75, 3.05) is 0 Å². The van der Waals surface area contributed by atoms with E-state index < -0.39 is 23.7 Å². The average Bonchev–Trinajstić information content (AvgIpc) is 2.72. The van der Waals surface area contributed by atoms with Gasteiger partial charge in [0.2, 0.25) is 0 Å². The largest absolute Gasteiger partial charge is 0.456 e. The van der Waals surface area contributed by atoms with Crippen LogP contribution in [0.15, 0.2) is 53.0 Å². The standard InChI is InChI=1S/C22H12BrCl3F3NO4/c1-10-6-12(24)8-17(26)19(10)34-21(32)30-20(31)14-9-13(3-4-15(14)23)33-18-5-2-11(7-16(18)25)22(27,28)29/h2-9H,1H3,(H,30,31,32). The molecule has 0 aliphatic heterocycles. The molecule has 1 N–H and O–H groups in total. The summed E-state index contributed by atoms with van der Waals surface area (Å²) in [7, 11) is 0. The molecular formula is C22H12BrCl3F3NO4. The summed E-state index contributed by atoms with van der Waals surface area (Å²) >= 11 is 21.0. The van der Waals surface area contributed by atoms with Crippen LogP contribution in [-0.4, -0.2) is 12.0 Å². The summed E-state index contributed by atoms with van der Waals surface area (Å²) in [5.41, 5.74) is -0.475. The second-order valence-electron chi connectivity index (χ2n) is 6.76.